The van der Waals surface area contributed by atoms with Crippen LogP contribution >= 0.6 is 0 Å². The highest BCUT2D eigenvalue weighted by Crippen LogP contribution is 2.20. The molecule has 0 aliphatic carbocycles. The van der Waals surface area contributed by atoms with Gasteiger partial charge in [0.25, 0.3) is 0 Å². The van der Waals surface area contributed by atoms with Crippen LogP contribution in [0.1, 0.15) is 48.9 Å². The van der Waals surface area contributed by atoms with Crippen molar-refractivity contribution in [1.29, 1.82) is 0 Å². The van der Waals surface area contributed by atoms with Gasteiger partial charge in [0, 0.05) is 6.04 Å². The summed E-state index contributed by atoms with van der Waals surface area (Å²) in [6, 6.07) is 19.7. The molecule has 112 valence electrons. The molecule has 0 aromatic heterocycles. The molecule has 1 unspecified atom stereocenters. The fourth-order valence-corrected chi connectivity index (χ4v) is 2.76. The zero-order chi connectivity index (χ0) is 14.9. The van der Waals surface area contributed by atoms with Crippen LogP contribution in [-0.4, -0.2) is 0 Å². The van der Waals surface area contributed by atoms with E-state index in [9.17, 15) is 0 Å². The van der Waals surface area contributed by atoms with E-state index in [2.05, 4.69) is 66.9 Å². The maximum atomic E-state index is 5.76. The molecule has 3 N–H and O–H groups in total. The summed E-state index contributed by atoms with van der Waals surface area (Å²) in [6.45, 7) is 2.21. The van der Waals surface area contributed by atoms with Crippen LogP contribution in [0, 0.1) is 0 Å². The third-order valence-electron chi connectivity index (χ3n) is 3.89. The van der Waals surface area contributed by atoms with Crippen molar-refractivity contribution in [3.8, 4) is 0 Å². The lowest BCUT2D eigenvalue weighted by Crippen LogP contribution is -2.28. The number of benzene rings is 2. The van der Waals surface area contributed by atoms with Crippen LogP contribution in [0.4, 0.5) is 0 Å². The van der Waals surface area contributed by atoms with Crippen LogP contribution in [-0.2, 0) is 12.8 Å². The maximum Gasteiger partial charge on any atom is 0.0460 e. The predicted octanol–water partition coefficient (Wildman–Crippen LogP) is 4.17. The van der Waals surface area contributed by atoms with Crippen molar-refractivity contribution in [2.75, 3.05) is 0 Å². The van der Waals surface area contributed by atoms with Gasteiger partial charge in [0.2, 0.25) is 0 Å². The van der Waals surface area contributed by atoms with Gasteiger partial charge in [-0.25, -0.2) is 0 Å². The summed E-state index contributed by atoms with van der Waals surface area (Å²) < 4.78 is 0. The molecule has 2 aromatic rings. The highest BCUT2D eigenvalue weighted by Gasteiger charge is 2.09. The van der Waals surface area contributed by atoms with Gasteiger partial charge in [0.15, 0.2) is 0 Å². The van der Waals surface area contributed by atoms with Gasteiger partial charge in [0.05, 0.1) is 0 Å². The number of aryl methyl sites for hydroxylation is 2. The highest BCUT2D eigenvalue weighted by molar-refractivity contribution is 5.26. The Morgan fingerprint density at radius 1 is 0.952 bits per heavy atom. The number of hydrogen-bond acceptors (Lipinski definition) is 2. The van der Waals surface area contributed by atoms with Crippen molar-refractivity contribution in [1.82, 2.24) is 5.43 Å². The van der Waals surface area contributed by atoms with Gasteiger partial charge >= 0.3 is 0 Å². The monoisotopic (exact) mass is 282 g/mol. The van der Waals surface area contributed by atoms with Crippen LogP contribution in [0.2, 0.25) is 0 Å². The van der Waals surface area contributed by atoms with Gasteiger partial charge in [-0.3, -0.25) is 11.3 Å². The molecule has 2 rings (SSSR count). The molecule has 2 aromatic carbocycles. The SMILES string of the molecule is CCCc1cccc(C(CCCc2ccccc2)NN)c1. The minimum atomic E-state index is 0.241. The number of nitrogens with two attached hydrogens (primary N) is 1. The van der Waals surface area contributed by atoms with E-state index >= 15 is 0 Å². The minimum absolute atomic E-state index is 0.241. The third-order valence-corrected chi connectivity index (χ3v) is 3.89. The molecule has 21 heavy (non-hydrogen) atoms. The normalized spacial score (nSPS) is 12.3. The molecule has 0 bridgehead atoms. The lowest BCUT2D eigenvalue weighted by Gasteiger charge is -2.17. The second kappa shape index (κ2) is 8.60. The summed E-state index contributed by atoms with van der Waals surface area (Å²) >= 11 is 0. The number of rotatable bonds is 8. The van der Waals surface area contributed by atoms with E-state index in [0.29, 0.717) is 0 Å². The predicted molar refractivity (Wildman–Crippen MR) is 89.9 cm³/mol. The van der Waals surface area contributed by atoms with Gasteiger partial charge in [0.1, 0.15) is 0 Å². The van der Waals surface area contributed by atoms with Crippen LogP contribution in [0.25, 0.3) is 0 Å². The maximum absolute atomic E-state index is 5.76. The van der Waals surface area contributed by atoms with E-state index in [1.807, 2.05) is 0 Å². The zero-order valence-electron chi connectivity index (χ0n) is 12.9. The third kappa shape index (κ3) is 5.00. The first-order chi connectivity index (χ1) is 10.3. The molecular formula is C19H26N2. The van der Waals surface area contributed by atoms with Crippen molar-refractivity contribution in [2.45, 2.75) is 45.1 Å². The molecule has 1 atom stereocenters. The van der Waals surface area contributed by atoms with Crippen molar-refractivity contribution >= 4 is 0 Å². The Morgan fingerprint density at radius 3 is 2.43 bits per heavy atom. The van der Waals surface area contributed by atoms with E-state index in [0.717, 1.165) is 25.7 Å². The van der Waals surface area contributed by atoms with E-state index in [1.165, 1.54) is 23.1 Å². The molecule has 0 amide bonds. The average molecular weight is 282 g/mol. The first-order valence-electron chi connectivity index (χ1n) is 7.92. The number of hydrogen-bond donors (Lipinski definition) is 2. The second-order valence-electron chi connectivity index (χ2n) is 5.59. The largest absolute Gasteiger partial charge is 0.271 e. The Bertz CT molecular complexity index is 522. The first-order valence-corrected chi connectivity index (χ1v) is 7.92. The molecule has 0 fully saturated rings. The van der Waals surface area contributed by atoms with Gasteiger partial charge in [-0.05, 0) is 42.4 Å². The van der Waals surface area contributed by atoms with Gasteiger partial charge in [-0.15, -0.1) is 0 Å². The molecule has 0 aliphatic heterocycles. The topological polar surface area (TPSA) is 38.0 Å². The standard InChI is InChI=1S/C19H26N2/c1-2-8-17-12-6-13-18(15-17)19(21-20)14-7-11-16-9-4-3-5-10-16/h3-6,9-10,12-13,15,19,21H,2,7-8,11,14,20H2,1H3. The molecule has 0 radical (unpaired) electrons. The second-order valence-corrected chi connectivity index (χ2v) is 5.59. The Morgan fingerprint density at radius 2 is 1.71 bits per heavy atom. The van der Waals surface area contributed by atoms with E-state index in [1.54, 1.807) is 0 Å². The van der Waals surface area contributed by atoms with Crippen molar-refractivity contribution < 1.29 is 0 Å². The molecule has 0 heterocycles. The summed E-state index contributed by atoms with van der Waals surface area (Å²) in [5.41, 5.74) is 7.07. The Balaban J connectivity index is 1.91. The number of hydrazine groups is 1. The van der Waals surface area contributed by atoms with Crippen LogP contribution < -0.4 is 11.3 Å². The average Bonchev–Trinajstić information content (AvgIpc) is 2.53. The molecule has 0 aliphatic rings. The molecule has 2 heteroatoms. The fraction of sp³-hybridized carbons (Fsp3) is 0.368. The van der Waals surface area contributed by atoms with Gasteiger partial charge < -0.3 is 0 Å². The smallest absolute Gasteiger partial charge is 0.0460 e. The minimum Gasteiger partial charge on any atom is -0.271 e. The van der Waals surface area contributed by atoms with Crippen LogP contribution in [0.15, 0.2) is 54.6 Å². The summed E-state index contributed by atoms with van der Waals surface area (Å²) in [5, 5.41) is 0. The molecule has 0 saturated carbocycles. The fourth-order valence-electron chi connectivity index (χ4n) is 2.76. The molecular weight excluding hydrogens is 256 g/mol. The summed E-state index contributed by atoms with van der Waals surface area (Å²) in [4.78, 5) is 0. The Kier molecular flexibility index (Phi) is 6.45. The molecule has 0 saturated heterocycles. The quantitative estimate of drug-likeness (QED) is 0.563. The summed E-state index contributed by atoms with van der Waals surface area (Å²) in [7, 11) is 0. The van der Waals surface area contributed by atoms with Crippen molar-refractivity contribution in [3.05, 3.63) is 71.3 Å². The zero-order valence-corrected chi connectivity index (χ0v) is 12.9. The summed E-state index contributed by atoms with van der Waals surface area (Å²) in [5.74, 6) is 5.76. The van der Waals surface area contributed by atoms with E-state index in [4.69, 9.17) is 5.84 Å². The van der Waals surface area contributed by atoms with Crippen molar-refractivity contribution in [2.24, 2.45) is 5.84 Å². The molecule has 2 nitrogen and oxygen atoms in total. The van der Waals surface area contributed by atoms with E-state index < -0.39 is 0 Å². The van der Waals surface area contributed by atoms with Crippen LogP contribution in [0.5, 0.6) is 0 Å². The first kappa shape index (κ1) is 15.7. The molecule has 0 spiro atoms. The Labute approximate surface area is 128 Å². The van der Waals surface area contributed by atoms with Gasteiger partial charge in [-0.1, -0.05) is 67.9 Å². The summed E-state index contributed by atoms with van der Waals surface area (Å²) in [6.07, 6.45) is 5.61. The Hall–Kier alpha value is -1.64. The van der Waals surface area contributed by atoms with Gasteiger partial charge in [-0.2, -0.15) is 0 Å². The van der Waals surface area contributed by atoms with E-state index in [-0.39, 0.29) is 6.04 Å². The van der Waals surface area contributed by atoms with Crippen LogP contribution in [0.3, 0.4) is 0 Å². The van der Waals surface area contributed by atoms with Crippen molar-refractivity contribution in [3.63, 3.8) is 0 Å². The lowest BCUT2D eigenvalue weighted by atomic mass is 9.97. The highest BCUT2D eigenvalue weighted by atomic mass is 15.2. The number of nitrogens with one attached hydrogen (secondary N) is 1. The lowest BCUT2D eigenvalue weighted by molar-refractivity contribution is 0.498.